The lowest BCUT2D eigenvalue weighted by molar-refractivity contribution is -0.348. The van der Waals surface area contributed by atoms with Crippen molar-refractivity contribution in [1.82, 2.24) is 4.90 Å². The van der Waals surface area contributed by atoms with Gasteiger partial charge >= 0.3 is 0 Å². The van der Waals surface area contributed by atoms with E-state index in [9.17, 15) is 4.79 Å². The molecule has 6 nitrogen and oxygen atoms in total. The van der Waals surface area contributed by atoms with E-state index in [0.29, 0.717) is 13.2 Å². The largest absolute Gasteiger partial charge is 0.368 e. The van der Waals surface area contributed by atoms with E-state index in [1.54, 1.807) is 0 Å². The number of hydrogen-bond acceptors (Lipinski definition) is 5. The van der Waals surface area contributed by atoms with E-state index >= 15 is 0 Å². The molecule has 0 spiro atoms. The number of ether oxygens (including phenoxy) is 4. The van der Waals surface area contributed by atoms with Crippen molar-refractivity contribution in [3.63, 3.8) is 0 Å². The summed E-state index contributed by atoms with van der Waals surface area (Å²) in [4.78, 5) is 15.7. The van der Waals surface area contributed by atoms with Crippen LogP contribution < -0.4 is 0 Å². The Morgan fingerprint density at radius 1 is 0.941 bits per heavy atom. The molecule has 6 heteroatoms. The van der Waals surface area contributed by atoms with Crippen molar-refractivity contribution >= 4 is 5.91 Å². The number of amides is 1. The van der Waals surface area contributed by atoms with Gasteiger partial charge < -0.3 is 23.8 Å². The maximum Gasteiger partial charge on any atom is 0.254 e. The van der Waals surface area contributed by atoms with Gasteiger partial charge in [0.25, 0.3) is 5.91 Å². The van der Waals surface area contributed by atoms with Crippen LogP contribution in [0.1, 0.15) is 51.2 Å². The van der Waals surface area contributed by atoms with E-state index in [2.05, 4.69) is 0 Å². The van der Waals surface area contributed by atoms with Crippen LogP contribution in [0, 0.1) is 0 Å². The molecule has 2 aliphatic heterocycles. The molecule has 34 heavy (non-hydrogen) atoms. The monoisotopic (exact) mass is 467 g/mol. The van der Waals surface area contributed by atoms with Gasteiger partial charge in [-0.25, -0.2) is 0 Å². The minimum atomic E-state index is -0.854. The Balaban J connectivity index is 1.58. The molecule has 0 N–H and O–H groups in total. The van der Waals surface area contributed by atoms with Crippen LogP contribution in [-0.2, 0) is 37.0 Å². The topological polar surface area (TPSA) is 57.2 Å². The summed E-state index contributed by atoms with van der Waals surface area (Å²) in [7, 11) is 0. The van der Waals surface area contributed by atoms with Crippen molar-refractivity contribution in [2.45, 2.75) is 83.5 Å². The highest BCUT2D eigenvalue weighted by atomic mass is 16.7. The fraction of sp³-hybridized carbons (Fsp3) is 0.536. The molecule has 2 aromatic rings. The highest BCUT2D eigenvalue weighted by Crippen LogP contribution is 2.33. The number of likely N-dealkylation sites (tertiary alicyclic amines) is 1. The number of rotatable bonds is 8. The van der Waals surface area contributed by atoms with Crippen LogP contribution in [0.2, 0.25) is 0 Å². The van der Waals surface area contributed by atoms with Crippen molar-refractivity contribution in [3.8, 4) is 0 Å². The van der Waals surface area contributed by atoms with Gasteiger partial charge in [0.15, 0.2) is 11.9 Å². The first-order valence-corrected chi connectivity index (χ1v) is 12.4. The SMILES string of the molecule is C[C@@H]1OC(C)(C)O[C@H]([C@H](OCc2ccccc2)C(=O)N2CCCCC2)[C@@H]1OCc1ccccc1. The second-order valence-corrected chi connectivity index (χ2v) is 9.67. The first-order chi connectivity index (χ1) is 16.4. The Hall–Kier alpha value is -2.25. The van der Waals surface area contributed by atoms with Crippen LogP contribution in [0.3, 0.4) is 0 Å². The molecule has 0 aliphatic carbocycles. The minimum Gasteiger partial charge on any atom is -0.368 e. The zero-order chi connectivity index (χ0) is 24.0. The summed E-state index contributed by atoms with van der Waals surface area (Å²) >= 11 is 0. The minimum absolute atomic E-state index is 0.0288. The second kappa shape index (κ2) is 11.5. The van der Waals surface area contributed by atoms with Gasteiger partial charge in [-0.15, -0.1) is 0 Å². The van der Waals surface area contributed by atoms with Crippen LogP contribution in [0.15, 0.2) is 60.7 Å². The summed E-state index contributed by atoms with van der Waals surface area (Å²) in [6, 6.07) is 19.9. The average molecular weight is 468 g/mol. The standard InChI is InChI=1S/C28H37NO5/c1-21-24(31-19-22-13-7-4-8-14-22)25(34-28(2,3)33-21)26(27(30)29-17-11-6-12-18-29)32-20-23-15-9-5-10-16-23/h4-5,7-10,13-16,21,24-26H,6,11-12,17-20H2,1-3H3/t21-,24+,25-,26-/m0/s1. The molecule has 1 amide bonds. The summed E-state index contributed by atoms with van der Waals surface area (Å²) in [5, 5.41) is 0. The van der Waals surface area contributed by atoms with Gasteiger partial charge in [-0.2, -0.15) is 0 Å². The first-order valence-electron chi connectivity index (χ1n) is 12.4. The van der Waals surface area contributed by atoms with Crippen molar-refractivity contribution in [3.05, 3.63) is 71.8 Å². The highest BCUT2D eigenvalue weighted by molar-refractivity contribution is 5.82. The van der Waals surface area contributed by atoms with Gasteiger partial charge in [-0.1, -0.05) is 60.7 Å². The average Bonchev–Trinajstić information content (AvgIpc) is 2.84. The Morgan fingerprint density at radius 3 is 2.15 bits per heavy atom. The van der Waals surface area contributed by atoms with E-state index in [-0.39, 0.29) is 12.0 Å². The molecule has 0 radical (unpaired) electrons. The van der Waals surface area contributed by atoms with Crippen molar-refractivity contribution in [1.29, 1.82) is 0 Å². The number of nitrogens with zero attached hydrogens (tertiary/aromatic N) is 1. The third kappa shape index (κ3) is 6.45. The van der Waals surface area contributed by atoms with Gasteiger partial charge in [0.05, 0.1) is 19.3 Å². The van der Waals surface area contributed by atoms with Gasteiger partial charge in [-0.05, 0) is 51.2 Å². The highest BCUT2D eigenvalue weighted by Gasteiger charge is 2.49. The van der Waals surface area contributed by atoms with E-state index in [0.717, 1.165) is 43.5 Å². The normalized spacial score (nSPS) is 25.6. The third-order valence-corrected chi connectivity index (χ3v) is 6.44. The van der Waals surface area contributed by atoms with Crippen molar-refractivity contribution in [2.24, 2.45) is 0 Å². The molecule has 0 saturated carbocycles. The summed E-state index contributed by atoms with van der Waals surface area (Å²) in [5.74, 6) is -0.883. The summed E-state index contributed by atoms with van der Waals surface area (Å²) in [5.41, 5.74) is 2.07. The van der Waals surface area contributed by atoms with Crippen LogP contribution in [0.5, 0.6) is 0 Å². The van der Waals surface area contributed by atoms with E-state index in [1.165, 1.54) is 0 Å². The summed E-state index contributed by atoms with van der Waals surface area (Å²) in [6.45, 7) is 7.97. The molecular weight excluding hydrogens is 430 g/mol. The lowest BCUT2D eigenvalue weighted by Crippen LogP contribution is -2.62. The van der Waals surface area contributed by atoms with E-state index in [4.69, 9.17) is 18.9 Å². The number of benzene rings is 2. The molecule has 2 saturated heterocycles. The molecule has 2 fully saturated rings. The van der Waals surface area contributed by atoms with E-state index in [1.807, 2.05) is 86.3 Å². The first kappa shape index (κ1) is 24.9. The predicted molar refractivity (Wildman–Crippen MR) is 130 cm³/mol. The molecule has 2 heterocycles. The smallest absolute Gasteiger partial charge is 0.254 e. The van der Waals surface area contributed by atoms with Crippen LogP contribution in [0.25, 0.3) is 0 Å². The van der Waals surface area contributed by atoms with Gasteiger partial charge in [-0.3, -0.25) is 4.79 Å². The molecule has 0 aromatic heterocycles. The summed E-state index contributed by atoms with van der Waals surface area (Å²) in [6.07, 6.45) is 1.07. The Labute approximate surface area is 203 Å². The fourth-order valence-electron chi connectivity index (χ4n) is 4.80. The Bertz CT molecular complexity index is 898. The van der Waals surface area contributed by atoms with Crippen LogP contribution >= 0.6 is 0 Å². The van der Waals surface area contributed by atoms with Gasteiger partial charge in [0.1, 0.15) is 12.2 Å². The Kier molecular flexibility index (Phi) is 8.37. The van der Waals surface area contributed by atoms with Gasteiger partial charge in [0, 0.05) is 13.1 Å². The molecule has 2 aromatic carbocycles. The van der Waals surface area contributed by atoms with Crippen molar-refractivity contribution < 1.29 is 23.7 Å². The summed E-state index contributed by atoms with van der Waals surface area (Å²) < 4.78 is 25.2. The second-order valence-electron chi connectivity index (χ2n) is 9.67. The molecule has 184 valence electrons. The molecule has 4 atom stereocenters. The number of carbonyl (C=O) groups is 1. The van der Waals surface area contributed by atoms with Crippen LogP contribution in [-0.4, -0.2) is 54.1 Å². The number of hydrogen-bond donors (Lipinski definition) is 0. The number of carbonyl (C=O) groups excluding carboxylic acids is 1. The third-order valence-electron chi connectivity index (χ3n) is 6.44. The zero-order valence-electron chi connectivity index (χ0n) is 20.5. The predicted octanol–water partition coefficient (Wildman–Crippen LogP) is 4.71. The maximum atomic E-state index is 13.8. The lowest BCUT2D eigenvalue weighted by Gasteiger charge is -2.47. The zero-order valence-corrected chi connectivity index (χ0v) is 20.5. The maximum absolute atomic E-state index is 13.8. The molecule has 2 aliphatic rings. The molecule has 4 rings (SSSR count). The lowest BCUT2D eigenvalue weighted by atomic mass is 9.98. The van der Waals surface area contributed by atoms with E-state index < -0.39 is 24.1 Å². The quantitative estimate of drug-likeness (QED) is 0.563. The van der Waals surface area contributed by atoms with Crippen LogP contribution in [0.4, 0.5) is 0 Å². The van der Waals surface area contributed by atoms with Gasteiger partial charge in [0.2, 0.25) is 0 Å². The molecule has 0 bridgehead atoms. The number of piperidine rings is 1. The molecular formula is C28H37NO5. The van der Waals surface area contributed by atoms with Crippen molar-refractivity contribution in [2.75, 3.05) is 13.1 Å². The Morgan fingerprint density at radius 2 is 1.53 bits per heavy atom. The fourth-order valence-corrected chi connectivity index (χ4v) is 4.80. The molecule has 0 unspecified atom stereocenters.